The van der Waals surface area contributed by atoms with Gasteiger partial charge in [0, 0.05) is 25.6 Å². The van der Waals surface area contributed by atoms with Crippen molar-refractivity contribution in [1.29, 1.82) is 0 Å². The number of carbonyl (C=O) groups is 3. The molecule has 0 radical (unpaired) electrons. The van der Waals surface area contributed by atoms with Gasteiger partial charge in [-0.15, -0.1) is 0 Å². The number of hydrogen-bond acceptors (Lipinski definition) is 4. The van der Waals surface area contributed by atoms with Crippen molar-refractivity contribution in [2.24, 2.45) is 11.8 Å². The van der Waals surface area contributed by atoms with Crippen molar-refractivity contribution in [3.63, 3.8) is 0 Å². The van der Waals surface area contributed by atoms with Gasteiger partial charge in [0.05, 0.1) is 12.6 Å². The number of amides is 3. The van der Waals surface area contributed by atoms with Crippen LogP contribution in [0.15, 0.2) is 0 Å². The molecule has 2 heterocycles. The summed E-state index contributed by atoms with van der Waals surface area (Å²) >= 11 is 0. The Labute approximate surface area is 162 Å². The Balaban J connectivity index is 1.37. The number of hydrogen-bond donors (Lipinski definition) is 3. The third kappa shape index (κ3) is 5.92. The fraction of sp³-hybridized carbons (Fsp3) is 0.850. The second-order valence-electron chi connectivity index (χ2n) is 8.29. The van der Waals surface area contributed by atoms with E-state index >= 15 is 0 Å². The van der Waals surface area contributed by atoms with E-state index in [1.165, 1.54) is 6.42 Å². The van der Waals surface area contributed by atoms with Crippen LogP contribution in [-0.4, -0.2) is 61.4 Å². The number of carbonyl (C=O) groups excluding carboxylic acids is 3. The molecule has 3 fully saturated rings. The summed E-state index contributed by atoms with van der Waals surface area (Å²) in [6, 6.07) is -0.0543. The van der Waals surface area contributed by atoms with Gasteiger partial charge in [0.2, 0.25) is 17.7 Å². The predicted octanol–water partition coefficient (Wildman–Crippen LogP) is 0.790. The molecule has 3 amide bonds. The molecule has 3 rings (SSSR count). The highest BCUT2D eigenvalue weighted by atomic mass is 16.2. The number of rotatable bonds is 6. The molecule has 2 saturated heterocycles. The standard InChI is InChI=1S/C20H34N4O3/c25-18(13-23-19(26)16-7-2-1-3-8-16)24-11-5-6-15(14-24)12-22-20(27)17-9-4-10-21-17/h15-17,21H,1-14H2,(H,22,27)(H,23,26). The highest BCUT2D eigenvalue weighted by Gasteiger charge is 2.27. The van der Waals surface area contributed by atoms with Crippen LogP contribution in [0, 0.1) is 11.8 Å². The van der Waals surface area contributed by atoms with Crippen LogP contribution in [0.2, 0.25) is 0 Å². The Kier molecular flexibility index (Phi) is 7.50. The lowest BCUT2D eigenvalue weighted by Crippen LogP contribution is -2.49. The molecule has 0 aromatic carbocycles. The average Bonchev–Trinajstić information content (AvgIpc) is 3.26. The van der Waals surface area contributed by atoms with Crippen LogP contribution in [-0.2, 0) is 14.4 Å². The first-order chi connectivity index (χ1) is 13.1. The van der Waals surface area contributed by atoms with Gasteiger partial charge in [0.25, 0.3) is 0 Å². The summed E-state index contributed by atoms with van der Waals surface area (Å²) < 4.78 is 0. The molecule has 0 aromatic heterocycles. The van der Waals surface area contributed by atoms with Crippen LogP contribution in [0.25, 0.3) is 0 Å². The van der Waals surface area contributed by atoms with Gasteiger partial charge in [0.15, 0.2) is 0 Å². The van der Waals surface area contributed by atoms with E-state index in [0.717, 1.165) is 64.5 Å². The first-order valence-electron chi connectivity index (χ1n) is 10.7. The molecule has 0 spiro atoms. The number of nitrogens with zero attached hydrogens (tertiary/aromatic N) is 1. The van der Waals surface area contributed by atoms with Gasteiger partial charge in [0.1, 0.15) is 0 Å². The highest BCUT2D eigenvalue weighted by molar-refractivity contribution is 5.86. The fourth-order valence-corrected chi connectivity index (χ4v) is 4.52. The maximum atomic E-state index is 12.5. The van der Waals surface area contributed by atoms with Gasteiger partial charge in [-0.3, -0.25) is 14.4 Å². The van der Waals surface area contributed by atoms with Crippen LogP contribution in [0.3, 0.4) is 0 Å². The van der Waals surface area contributed by atoms with E-state index in [0.29, 0.717) is 19.0 Å². The van der Waals surface area contributed by atoms with Gasteiger partial charge >= 0.3 is 0 Å². The topological polar surface area (TPSA) is 90.5 Å². The summed E-state index contributed by atoms with van der Waals surface area (Å²) in [6.45, 7) is 3.04. The van der Waals surface area contributed by atoms with Gasteiger partial charge in [-0.05, 0) is 51.0 Å². The lowest BCUT2D eigenvalue weighted by molar-refractivity contribution is -0.135. The molecular formula is C20H34N4O3. The van der Waals surface area contributed by atoms with Crippen molar-refractivity contribution in [2.45, 2.75) is 63.8 Å². The average molecular weight is 379 g/mol. The molecule has 2 atom stereocenters. The molecule has 3 N–H and O–H groups in total. The molecule has 2 aliphatic heterocycles. The predicted molar refractivity (Wildman–Crippen MR) is 103 cm³/mol. The SMILES string of the molecule is O=C(NCC(=O)N1CCCC(CNC(=O)C2CCCN2)C1)C1CCCCC1. The van der Waals surface area contributed by atoms with Crippen LogP contribution < -0.4 is 16.0 Å². The minimum atomic E-state index is -0.0543. The van der Waals surface area contributed by atoms with Crippen LogP contribution in [0.1, 0.15) is 57.8 Å². The zero-order valence-electron chi connectivity index (χ0n) is 16.3. The normalized spacial score (nSPS) is 26.6. The molecular weight excluding hydrogens is 344 g/mol. The zero-order valence-corrected chi connectivity index (χ0v) is 16.3. The summed E-state index contributed by atoms with van der Waals surface area (Å²) in [5.74, 6) is 0.485. The third-order valence-electron chi connectivity index (χ3n) is 6.20. The molecule has 152 valence electrons. The first-order valence-corrected chi connectivity index (χ1v) is 10.7. The monoisotopic (exact) mass is 378 g/mol. The summed E-state index contributed by atoms with van der Waals surface area (Å²) in [4.78, 5) is 38.7. The number of nitrogens with one attached hydrogen (secondary N) is 3. The van der Waals surface area contributed by atoms with Crippen molar-refractivity contribution in [2.75, 3.05) is 32.7 Å². The molecule has 0 bridgehead atoms. The number of likely N-dealkylation sites (tertiary alicyclic amines) is 1. The van der Waals surface area contributed by atoms with Gasteiger partial charge in [-0.2, -0.15) is 0 Å². The van der Waals surface area contributed by atoms with E-state index in [9.17, 15) is 14.4 Å². The second kappa shape index (κ2) is 10.1. The first kappa shape index (κ1) is 20.1. The van der Waals surface area contributed by atoms with Gasteiger partial charge in [-0.25, -0.2) is 0 Å². The van der Waals surface area contributed by atoms with Crippen LogP contribution in [0.4, 0.5) is 0 Å². The van der Waals surface area contributed by atoms with E-state index in [-0.39, 0.29) is 36.2 Å². The Morgan fingerprint density at radius 2 is 1.70 bits per heavy atom. The maximum Gasteiger partial charge on any atom is 0.241 e. The van der Waals surface area contributed by atoms with E-state index < -0.39 is 0 Å². The smallest absolute Gasteiger partial charge is 0.241 e. The Morgan fingerprint density at radius 1 is 0.889 bits per heavy atom. The van der Waals surface area contributed by atoms with Crippen molar-refractivity contribution in [3.8, 4) is 0 Å². The summed E-state index contributed by atoms with van der Waals surface area (Å²) in [6.07, 6.45) is 9.26. The van der Waals surface area contributed by atoms with E-state index in [1.807, 2.05) is 4.90 Å². The summed E-state index contributed by atoms with van der Waals surface area (Å²) in [7, 11) is 0. The molecule has 1 aliphatic carbocycles. The molecule has 7 nitrogen and oxygen atoms in total. The van der Waals surface area contributed by atoms with Crippen LogP contribution >= 0.6 is 0 Å². The molecule has 2 unspecified atom stereocenters. The lowest BCUT2D eigenvalue weighted by Gasteiger charge is -2.33. The van der Waals surface area contributed by atoms with Crippen molar-refractivity contribution >= 4 is 17.7 Å². The molecule has 27 heavy (non-hydrogen) atoms. The zero-order chi connectivity index (χ0) is 19.1. The second-order valence-corrected chi connectivity index (χ2v) is 8.29. The molecule has 0 aromatic rings. The Hall–Kier alpha value is -1.63. The fourth-order valence-electron chi connectivity index (χ4n) is 4.52. The maximum absolute atomic E-state index is 12.5. The molecule has 3 aliphatic rings. The Bertz CT molecular complexity index is 527. The van der Waals surface area contributed by atoms with Gasteiger partial charge in [-0.1, -0.05) is 19.3 Å². The highest BCUT2D eigenvalue weighted by Crippen LogP contribution is 2.23. The minimum absolute atomic E-state index is 0.00681. The minimum Gasteiger partial charge on any atom is -0.354 e. The lowest BCUT2D eigenvalue weighted by atomic mass is 9.89. The largest absolute Gasteiger partial charge is 0.354 e. The van der Waals surface area contributed by atoms with E-state index in [1.54, 1.807) is 0 Å². The van der Waals surface area contributed by atoms with Crippen LogP contribution in [0.5, 0.6) is 0 Å². The quantitative estimate of drug-likeness (QED) is 0.637. The summed E-state index contributed by atoms with van der Waals surface area (Å²) in [5, 5.41) is 9.09. The van der Waals surface area contributed by atoms with Gasteiger partial charge < -0.3 is 20.9 Å². The van der Waals surface area contributed by atoms with Crippen molar-refractivity contribution in [1.82, 2.24) is 20.9 Å². The van der Waals surface area contributed by atoms with Crippen molar-refractivity contribution < 1.29 is 14.4 Å². The third-order valence-corrected chi connectivity index (χ3v) is 6.20. The Morgan fingerprint density at radius 3 is 2.44 bits per heavy atom. The van der Waals surface area contributed by atoms with E-state index in [4.69, 9.17) is 0 Å². The summed E-state index contributed by atoms with van der Waals surface area (Å²) in [5.41, 5.74) is 0. The molecule has 1 saturated carbocycles. The van der Waals surface area contributed by atoms with Crippen molar-refractivity contribution in [3.05, 3.63) is 0 Å². The van der Waals surface area contributed by atoms with E-state index in [2.05, 4.69) is 16.0 Å². The number of piperidine rings is 1. The molecule has 7 heteroatoms.